The van der Waals surface area contributed by atoms with Crippen molar-refractivity contribution in [2.24, 2.45) is 4.99 Å². The van der Waals surface area contributed by atoms with Crippen LogP contribution < -0.4 is 19.6 Å². The summed E-state index contributed by atoms with van der Waals surface area (Å²) in [5.41, 5.74) is 1.77. The molecule has 0 N–H and O–H groups in total. The smallest absolute Gasteiger partial charge is 0.338 e. The fourth-order valence-corrected chi connectivity index (χ4v) is 5.72. The van der Waals surface area contributed by atoms with Crippen molar-refractivity contribution in [3.63, 3.8) is 0 Å². The third-order valence-electron chi connectivity index (χ3n) is 6.12. The van der Waals surface area contributed by atoms with Crippen LogP contribution in [0.1, 0.15) is 24.3 Å². The van der Waals surface area contributed by atoms with Gasteiger partial charge in [0.15, 0.2) is 4.80 Å². The Hall–Kier alpha value is -3.85. The van der Waals surface area contributed by atoms with Gasteiger partial charge in [-0.2, -0.15) is 0 Å². The van der Waals surface area contributed by atoms with Crippen LogP contribution in [0.5, 0.6) is 5.75 Å². The Bertz CT molecular complexity index is 1800. The molecule has 0 aliphatic carbocycles. The van der Waals surface area contributed by atoms with Crippen LogP contribution in [0, 0.1) is 0 Å². The van der Waals surface area contributed by atoms with Crippen molar-refractivity contribution in [1.29, 1.82) is 0 Å². The second kappa shape index (κ2) is 11.1. The summed E-state index contributed by atoms with van der Waals surface area (Å²) in [5.74, 6) is 1.05. The van der Waals surface area contributed by atoms with E-state index in [1.807, 2.05) is 12.1 Å². The molecule has 2 aromatic carbocycles. The fourth-order valence-electron chi connectivity index (χ4n) is 4.30. The molecule has 0 spiro atoms. The molecular weight excluding hydrogens is 559 g/mol. The lowest BCUT2D eigenvalue weighted by Gasteiger charge is -2.24. The summed E-state index contributed by atoms with van der Waals surface area (Å²) in [5, 5.41) is 0.794. The number of carbonyl (C=O) groups excluding carboxylic acids is 1. The summed E-state index contributed by atoms with van der Waals surface area (Å²) >= 11 is 13.7. The van der Waals surface area contributed by atoms with Crippen molar-refractivity contribution >= 4 is 46.6 Å². The normalized spacial score (nSPS) is 15.1. The van der Waals surface area contributed by atoms with E-state index in [-0.39, 0.29) is 17.7 Å². The van der Waals surface area contributed by atoms with Crippen LogP contribution in [0.25, 0.3) is 17.4 Å². The zero-order chi connectivity index (χ0) is 27.7. The molecule has 0 amide bonds. The molecule has 1 atom stereocenters. The van der Waals surface area contributed by atoms with Crippen LogP contribution in [-0.2, 0) is 9.53 Å². The van der Waals surface area contributed by atoms with Crippen LogP contribution >= 0.6 is 34.5 Å². The van der Waals surface area contributed by atoms with Crippen LogP contribution in [0.4, 0.5) is 0 Å². The number of rotatable bonds is 7. The minimum absolute atomic E-state index is 0.0346. The van der Waals surface area contributed by atoms with Crippen LogP contribution in [0.15, 0.2) is 92.7 Å². The second-order valence-electron chi connectivity index (χ2n) is 8.55. The maximum atomic E-state index is 13.8. The number of hydrogen-bond donors (Lipinski definition) is 0. The van der Waals surface area contributed by atoms with Crippen molar-refractivity contribution in [1.82, 2.24) is 4.57 Å². The van der Waals surface area contributed by atoms with E-state index in [0.717, 1.165) is 0 Å². The lowest BCUT2D eigenvalue weighted by atomic mass is 9.96. The van der Waals surface area contributed by atoms with E-state index >= 15 is 0 Å². The largest absolute Gasteiger partial charge is 0.497 e. The maximum absolute atomic E-state index is 13.8. The van der Waals surface area contributed by atoms with Gasteiger partial charge in [-0.3, -0.25) is 9.36 Å². The van der Waals surface area contributed by atoms with Gasteiger partial charge in [-0.1, -0.05) is 65.4 Å². The first-order valence-electron chi connectivity index (χ1n) is 11.8. The highest BCUT2D eigenvalue weighted by Gasteiger charge is 2.33. The molecule has 10 heteroatoms. The summed E-state index contributed by atoms with van der Waals surface area (Å²) in [7, 11) is 1.57. The van der Waals surface area contributed by atoms with Gasteiger partial charge >= 0.3 is 5.97 Å². The van der Waals surface area contributed by atoms with Crippen molar-refractivity contribution in [2.75, 3.05) is 13.7 Å². The number of esters is 1. The van der Waals surface area contributed by atoms with Crippen molar-refractivity contribution in [3.05, 3.63) is 120 Å². The Morgan fingerprint density at radius 3 is 2.67 bits per heavy atom. The van der Waals surface area contributed by atoms with Crippen molar-refractivity contribution < 1.29 is 18.7 Å². The van der Waals surface area contributed by atoms with Gasteiger partial charge in [0.25, 0.3) is 5.56 Å². The molecule has 1 unspecified atom stereocenters. The SMILES string of the molecule is C=CCOC(=O)C1=C(C)N=c2s/c(=C\c3ccc(-c4cccc(Cl)c4Cl)o3)c(=O)n2C1c1ccc(OC)cc1. The second-order valence-corrected chi connectivity index (χ2v) is 10.3. The molecule has 7 nitrogen and oxygen atoms in total. The van der Waals surface area contributed by atoms with Gasteiger partial charge in [0.2, 0.25) is 0 Å². The number of fused-ring (bicyclic) bond motifs is 1. The first-order valence-corrected chi connectivity index (χ1v) is 13.4. The molecule has 0 saturated carbocycles. The molecule has 0 fully saturated rings. The number of thiazole rings is 1. The molecule has 4 aromatic rings. The third kappa shape index (κ3) is 5.11. The Morgan fingerprint density at radius 2 is 1.95 bits per heavy atom. The van der Waals surface area contributed by atoms with Crippen LogP contribution in [-0.4, -0.2) is 24.3 Å². The predicted molar refractivity (Wildman–Crippen MR) is 152 cm³/mol. The summed E-state index contributed by atoms with van der Waals surface area (Å²) in [6, 6.07) is 15.2. The molecule has 198 valence electrons. The number of allylic oxidation sites excluding steroid dienone is 1. The number of aromatic nitrogens is 1. The topological polar surface area (TPSA) is 83.0 Å². The number of halogens is 2. The predicted octanol–water partition coefficient (Wildman–Crippen LogP) is 5.54. The van der Waals surface area contributed by atoms with E-state index in [0.29, 0.717) is 53.5 Å². The van der Waals surface area contributed by atoms with Crippen molar-refractivity contribution in [3.8, 4) is 17.1 Å². The average Bonchev–Trinajstić information content (AvgIpc) is 3.52. The van der Waals surface area contributed by atoms with E-state index in [2.05, 4.69) is 11.6 Å². The van der Waals surface area contributed by atoms with Gasteiger partial charge in [0, 0.05) is 11.6 Å². The Labute approximate surface area is 237 Å². The van der Waals surface area contributed by atoms with Gasteiger partial charge in [-0.25, -0.2) is 9.79 Å². The molecule has 5 rings (SSSR count). The standard InChI is InChI=1S/C29H22Cl2N2O5S/c1-4-14-37-28(35)24-16(2)32-29-33(26(24)17-8-10-18(36-3)11-9-17)27(34)23(39-29)15-19-12-13-22(38-19)20-6-5-7-21(30)25(20)31/h4-13,15,26H,1,14H2,2-3H3/b23-15-. The summed E-state index contributed by atoms with van der Waals surface area (Å²) in [4.78, 5) is 31.9. The Kier molecular flexibility index (Phi) is 7.61. The van der Waals surface area contributed by atoms with Crippen molar-refractivity contribution in [2.45, 2.75) is 13.0 Å². The minimum atomic E-state index is -0.746. The molecule has 0 bridgehead atoms. The van der Waals surface area contributed by atoms with Gasteiger partial charge in [0.1, 0.15) is 23.9 Å². The number of hydrogen-bond acceptors (Lipinski definition) is 7. The van der Waals surface area contributed by atoms with Gasteiger partial charge in [-0.05, 0) is 48.9 Å². The molecular formula is C29H22Cl2N2O5S. The molecule has 3 heterocycles. The van der Waals surface area contributed by atoms with Gasteiger partial charge in [-0.15, -0.1) is 0 Å². The van der Waals surface area contributed by atoms with E-state index < -0.39 is 12.0 Å². The molecule has 39 heavy (non-hydrogen) atoms. The zero-order valence-corrected chi connectivity index (χ0v) is 23.3. The Balaban J connectivity index is 1.63. The lowest BCUT2D eigenvalue weighted by Crippen LogP contribution is -2.39. The molecule has 0 saturated heterocycles. The first-order chi connectivity index (χ1) is 18.8. The average molecular weight is 581 g/mol. The molecule has 2 aromatic heterocycles. The summed E-state index contributed by atoms with van der Waals surface area (Å²) < 4.78 is 18.5. The number of furan rings is 1. The minimum Gasteiger partial charge on any atom is -0.497 e. The fraction of sp³-hybridized carbons (Fsp3) is 0.138. The summed E-state index contributed by atoms with van der Waals surface area (Å²) in [6.07, 6.45) is 3.13. The van der Waals surface area contributed by atoms with Crippen LogP contribution in [0.3, 0.4) is 0 Å². The zero-order valence-electron chi connectivity index (χ0n) is 20.9. The first kappa shape index (κ1) is 26.7. The molecule has 1 aliphatic heterocycles. The number of benzene rings is 2. The molecule has 0 radical (unpaired) electrons. The highest BCUT2D eigenvalue weighted by molar-refractivity contribution is 7.07. The van der Waals surface area contributed by atoms with E-state index in [1.165, 1.54) is 22.0 Å². The number of carbonyl (C=O) groups is 1. The highest BCUT2D eigenvalue weighted by Crippen LogP contribution is 2.35. The van der Waals surface area contributed by atoms with E-state index in [1.54, 1.807) is 62.6 Å². The maximum Gasteiger partial charge on any atom is 0.338 e. The highest BCUT2D eigenvalue weighted by atomic mass is 35.5. The molecule has 1 aliphatic rings. The van der Waals surface area contributed by atoms with Gasteiger partial charge in [0.05, 0.1) is 39.0 Å². The number of ether oxygens (including phenoxy) is 2. The van der Waals surface area contributed by atoms with Gasteiger partial charge < -0.3 is 13.9 Å². The monoisotopic (exact) mass is 580 g/mol. The van der Waals surface area contributed by atoms with Crippen LogP contribution in [0.2, 0.25) is 10.0 Å². The van der Waals surface area contributed by atoms with E-state index in [9.17, 15) is 9.59 Å². The number of methoxy groups -OCH3 is 1. The third-order valence-corrected chi connectivity index (χ3v) is 7.92. The Morgan fingerprint density at radius 1 is 1.18 bits per heavy atom. The van der Waals surface area contributed by atoms with E-state index in [4.69, 9.17) is 37.1 Å². The lowest BCUT2D eigenvalue weighted by molar-refractivity contribution is -0.138. The summed E-state index contributed by atoms with van der Waals surface area (Å²) in [6.45, 7) is 5.37. The quantitative estimate of drug-likeness (QED) is 0.212. The number of nitrogens with zero attached hydrogens (tertiary/aromatic N) is 2.